The number of anilines is 3. The Kier molecular flexibility index (Phi) is 15.2. The van der Waals surface area contributed by atoms with Gasteiger partial charge in [-0.3, -0.25) is 39.1 Å². The molecule has 18 nitrogen and oxygen atoms in total. The van der Waals surface area contributed by atoms with Crippen LogP contribution in [0.5, 0.6) is 5.75 Å². The molecule has 3 saturated heterocycles. The van der Waals surface area contributed by atoms with Gasteiger partial charge >= 0.3 is 5.97 Å². The number of hydrogen-bond donors (Lipinski definition) is 3. The van der Waals surface area contributed by atoms with Crippen LogP contribution >= 0.6 is 11.3 Å². The van der Waals surface area contributed by atoms with Crippen molar-refractivity contribution in [3.05, 3.63) is 130 Å². The molecule has 3 N–H and O–H groups in total. The maximum absolute atomic E-state index is 15.6. The molecular formula is C60H64FN9O9S. The molecule has 11 rings (SSSR count). The minimum atomic E-state index is -1.41. The third kappa shape index (κ3) is 11.2. The standard InChI is InChI=1S/C60H64FN9O9S/c1-35-38(39-15-17-50(63-53(39)58(77)79-60(2,3)4)69-25-21-37-9-7-11-40(43(37)33-69)54(73)65-59-62-45-12-5-6-14-49(45)80-59)10-8-13-48(35)78-30-22-36-19-23-66(24-20-36)34-52(72)68-28-26-67(27-29-68)47-32-42-41(31-44(47)61)56(75)70(57(42)76)46-16-18-51(71)64-55(46)74/h5-15,17,31-32,36,46,55,74H,16,18-30,33-34H2,1-4H3,(H,64,71)(H,62,65,73). The van der Waals surface area contributed by atoms with Crippen molar-refractivity contribution in [3.63, 3.8) is 0 Å². The monoisotopic (exact) mass is 1110 g/mol. The van der Waals surface area contributed by atoms with E-state index in [0.717, 1.165) is 75.8 Å². The summed E-state index contributed by atoms with van der Waals surface area (Å²) < 4.78 is 29.0. The first-order valence-corrected chi connectivity index (χ1v) is 28.2. The first-order valence-electron chi connectivity index (χ1n) is 27.4. The predicted molar refractivity (Wildman–Crippen MR) is 300 cm³/mol. The molecule has 2 unspecified atom stereocenters. The number of fused-ring (bicyclic) bond motifs is 3. The highest BCUT2D eigenvalue weighted by Gasteiger charge is 2.45. The van der Waals surface area contributed by atoms with Crippen molar-refractivity contribution in [2.24, 2.45) is 5.92 Å². The number of esters is 1. The fourth-order valence-electron chi connectivity index (χ4n) is 11.6. The summed E-state index contributed by atoms with van der Waals surface area (Å²) in [5.41, 5.74) is 5.20. The number of carbonyl (C=O) groups excluding carboxylic acids is 6. The number of amides is 5. The van der Waals surface area contributed by atoms with E-state index in [1.807, 2.05) is 94.4 Å². The molecule has 6 aromatic rings. The van der Waals surface area contributed by atoms with E-state index in [0.29, 0.717) is 86.0 Å². The zero-order valence-electron chi connectivity index (χ0n) is 45.3. The molecule has 0 radical (unpaired) electrons. The second kappa shape index (κ2) is 22.4. The Morgan fingerprint density at radius 1 is 0.812 bits per heavy atom. The smallest absolute Gasteiger partial charge is 0.358 e. The summed E-state index contributed by atoms with van der Waals surface area (Å²) in [6.45, 7) is 12.2. The normalized spacial score (nSPS) is 19.0. The summed E-state index contributed by atoms with van der Waals surface area (Å²) >= 11 is 1.43. The molecule has 20 heteroatoms. The van der Waals surface area contributed by atoms with E-state index in [1.54, 1.807) is 9.80 Å². The number of aliphatic hydroxyl groups excluding tert-OH is 1. The topological polar surface area (TPSA) is 207 Å². The number of piperazine rings is 1. The summed E-state index contributed by atoms with van der Waals surface area (Å²) in [4.78, 5) is 98.2. The van der Waals surface area contributed by atoms with Gasteiger partial charge in [0.25, 0.3) is 17.7 Å². The second-order valence-corrected chi connectivity index (χ2v) is 23.3. The molecule has 0 spiro atoms. The average molecular weight is 1110 g/mol. The van der Waals surface area contributed by atoms with E-state index in [-0.39, 0.29) is 59.6 Å². The van der Waals surface area contributed by atoms with Crippen LogP contribution in [-0.4, -0.2) is 142 Å². The van der Waals surface area contributed by atoms with Gasteiger partial charge in [-0.25, -0.2) is 19.2 Å². The molecule has 0 bridgehead atoms. The number of rotatable bonds is 13. The molecule has 416 valence electrons. The van der Waals surface area contributed by atoms with Crippen LogP contribution in [0.15, 0.2) is 84.9 Å². The minimum Gasteiger partial charge on any atom is -0.493 e. The Hall–Kier alpha value is -7.81. The predicted octanol–water partition coefficient (Wildman–Crippen LogP) is 7.60. The number of pyridine rings is 1. The molecule has 4 aromatic carbocycles. The van der Waals surface area contributed by atoms with Crippen LogP contribution < -0.4 is 25.2 Å². The third-order valence-electron chi connectivity index (χ3n) is 15.9. The zero-order chi connectivity index (χ0) is 56.0. The van der Waals surface area contributed by atoms with Crippen molar-refractivity contribution in [3.8, 4) is 16.9 Å². The Morgan fingerprint density at radius 3 is 2.31 bits per heavy atom. The van der Waals surface area contributed by atoms with E-state index in [9.17, 15) is 33.9 Å². The molecule has 0 saturated carbocycles. The number of carbonyl (C=O) groups is 6. The first-order chi connectivity index (χ1) is 38.5. The van der Waals surface area contributed by atoms with Crippen LogP contribution in [0.1, 0.15) is 111 Å². The molecule has 3 fully saturated rings. The lowest BCUT2D eigenvalue weighted by Crippen LogP contribution is -2.57. The summed E-state index contributed by atoms with van der Waals surface area (Å²) in [5.74, 6) is -1.46. The minimum absolute atomic E-state index is 0.0000249. The summed E-state index contributed by atoms with van der Waals surface area (Å²) in [5, 5.41) is 16.3. The Balaban J connectivity index is 0.680. The van der Waals surface area contributed by atoms with Gasteiger partial charge in [-0.15, -0.1) is 0 Å². The van der Waals surface area contributed by atoms with Gasteiger partial charge in [0, 0.05) is 56.8 Å². The van der Waals surface area contributed by atoms with Crippen LogP contribution in [0.3, 0.4) is 0 Å². The van der Waals surface area contributed by atoms with Gasteiger partial charge in [0.15, 0.2) is 10.8 Å². The number of aliphatic hydroxyl groups is 1. The lowest BCUT2D eigenvalue weighted by atomic mass is 9.94. The summed E-state index contributed by atoms with van der Waals surface area (Å²) in [6.07, 6.45) is 2.06. The van der Waals surface area contributed by atoms with Gasteiger partial charge in [-0.2, -0.15) is 0 Å². The number of hydrogen-bond acceptors (Lipinski definition) is 15. The number of likely N-dealkylation sites (tertiary alicyclic amines) is 1. The second-order valence-electron chi connectivity index (χ2n) is 22.2. The van der Waals surface area contributed by atoms with Crippen LogP contribution in [0, 0.1) is 18.7 Å². The Bertz CT molecular complexity index is 3410. The number of ether oxygens (including phenoxy) is 2. The molecular weight excluding hydrogens is 1040 g/mol. The Morgan fingerprint density at radius 2 is 1.56 bits per heavy atom. The largest absolute Gasteiger partial charge is 0.493 e. The van der Waals surface area contributed by atoms with Gasteiger partial charge in [0.2, 0.25) is 11.8 Å². The molecule has 5 aliphatic heterocycles. The summed E-state index contributed by atoms with van der Waals surface area (Å²) in [7, 11) is 0. The number of piperidine rings is 2. The number of halogens is 1. The fraction of sp³-hybridized carbons (Fsp3) is 0.400. The molecule has 5 aliphatic rings. The van der Waals surface area contributed by atoms with E-state index >= 15 is 4.39 Å². The SMILES string of the molecule is Cc1c(OCCC2CCN(CC(=O)N3CCN(c4cc5c(cc4F)C(=O)N(C4CCC(=O)NC4O)C5=O)CC3)CC2)cccc1-c1ccc(N2CCc3cccc(C(=O)Nc4nc5ccccc5s4)c3C2)nc1C(=O)OC(C)(C)C. The molecule has 0 aliphatic carbocycles. The maximum Gasteiger partial charge on any atom is 0.358 e. The first kappa shape index (κ1) is 54.2. The maximum atomic E-state index is 15.6. The summed E-state index contributed by atoms with van der Waals surface area (Å²) in [6, 6.07) is 24.7. The molecule has 7 heterocycles. The van der Waals surface area contributed by atoms with Crippen molar-refractivity contribution in [1.29, 1.82) is 0 Å². The average Bonchev–Trinajstić information content (AvgIpc) is 4.02. The van der Waals surface area contributed by atoms with Crippen molar-refractivity contribution in [2.75, 3.05) is 74.1 Å². The van der Waals surface area contributed by atoms with E-state index in [4.69, 9.17) is 14.5 Å². The highest BCUT2D eigenvalue weighted by Crippen LogP contribution is 2.37. The number of nitrogens with zero attached hydrogens (tertiary/aromatic N) is 7. The lowest BCUT2D eigenvalue weighted by molar-refractivity contribution is -0.133. The van der Waals surface area contributed by atoms with Gasteiger partial charge < -0.3 is 34.6 Å². The molecule has 5 amide bonds. The lowest BCUT2D eigenvalue weighted by Gasteiger charge is -2.38. The van der Waals surface area contributed by atoms with Crippen molar-refractivity contribution in [2.45, 2.75) is 90.6 Å². The molecule has 2 atom stereocenters. The Labute approximate surface area is 466 Å². The van der Waals surface area contributed by atoms with Gasteiger partial charge in [-0.1, -0.05) is 47.7 Å². The highest BCUT2D eigenvalue weighted by molar-refractivity contribution is 7.22. The number of nitrogens with one attached hydrogen (secondary N) is 2. The van der Waals surface area contributed by atoms with Crippen LogP contribution in [0.4, 0.5) is 21.0 Å². The van der Waals surface area contributed by atoms with Crippen molar-refractivity contribution in [1.82, 2.24) is 30.0 Å². The third-order valence-corrected chi connectivity index (χ3v) is 16.8. The van der Waals surface area contributed by atoms with Crippen molar-refractivity contribution < 1.29 is 47.7 Å². The van der Waals surface area contributed by atoms with Crippen LogP contribution in [0.25, 0.3) is 21.3 Å². The number of imide groups is 1. The number of benzene rings is 4. The highest BCUT2D eigenvalue weighted by atomic mass is 32.1. The molecule has 80 heavy (non-hydrogen) atoms. The van der Waals surface area contributed by atoms with Crippen LogP contribution in [-0.2, 0) is 27.3 Å². The van der Waals surface area contributed by atoms with Crippen molar-refractivity contribution >= 4 is 73.7 Å². The quantitative estimate of drug-likeness (QED) is 0.0753. The fourth-order valence-corrected chi connectivity index (χ4v) is 12.4. The van der Waals surface area contributed by atoms with E-state index < -0.39 is 41.5 Å². The van der Waals surface area contributed by atoms with Crippen LogP contribution in [0.2, 0.25) is 0 Å². The zero-order valence-corrected chi connectivity index (χ0v) is 46.1. The van der Waals surface area contributed by atoms with E-state index in [2.05, 4.69) is 31.5 Å². The van der Waals surface area contributed by atoms with Gasteiger partial charge in [-0.05, 0) is 150 Å². The number of thiazole rings is 1. The molecule has 2 aromatic heterocycles. The van der Waals surface area contributed by atoms with Gasteiger partial charge in [0.1, 0.15) is 29.2 Å². The van der Waals surface area contributed by atoms with E-state index in [1.165, 1.54) is 17.4 Å². The van der Waals surface area contributed by atoms with Gasteiger partial charge in [0.05, 0.1) is 46.2 Å². The number of para-hydroxylation sites is 1. The number of aromatic nitrogens is 2.